The van der Waals surface area contributed by atoms with Gasteiger partial charge in [-0.2, -0.15) is 5.21 Å². The van der Waals surface area contributed by atoms with Gasteiger partial charge in [-0.1, -0.05) is 10.7 Å². The summed E-state index contributed by atoms with van der Waals surface area (Å²) in [6, 6.07) is 0. The van der Waals surface area contributed by atoms with Crippen LogP contribution in [0.25, 0.3) is 0 Å². The number of anilines is 1. The number of nitrogens with one attached hydrogen (secondary N) is 2. The lowest BCUT2D eigenvalue weighted by molar-refractivity contribution is -0.112. The Kier molecular flexibility index (Phi) is 2.43. The van der Waals surface area contributed by atoms with Crippen LogP contribution in [0.5, 0.6) is 0 Å². The van der Waals surface area contributed by atoms with Crippen LogP contribution in [0.3, 0.4) is 0 Å². The molecule has 0 saturated heterocycles. The van der Waals surface area contributed by atoms with E-state index in [1.54, 1.807) is 6.08 Å². The molecule has 1 amide bonds. The fourth-order valence-electron chi connectivity index (χ4n) is 4.48. The van der Waals surface area contributed by atoms with Crippen LogP contribution in [0.2, 0.25) is 0 Å². The highest BCUT2D eigenvalue weighted by atomic mass is 16.1. The van der Waals surface area contributed by atoms with Gasteiger partial charge in [-0.3, -0.25) is 10.1 Å². The first kappa shape index (κ1) is 11.1. The number of hydrogen-bond donors (Lipinski definition) is 2. The Morgan fingerprint density at radius 3 is 2.42 bits per heavy atom. The zero-order valence-electron chi connectivity index (χ0n) is 10.7. The molecule has 0 aliphatic heterocycles. The largest absolute Gasteiger partial charge is 0.288 e. The first-order chi connectivity index (χ1) is 9.28. The summed E-state index contributed by atoms with van der Waals surface area (Å²) >= 11 is 0. The van der Waals surface area contributed by atoms with Crippen LogP contribution in [0, 0.1) is 23.7 Å². The first-order valence-electron chi connectivity index (χ1n) is 7.04. The summed E-state index contributed by atoms with van der Waals surface area (Å²) < 4.78 is 0. The van der Waals surface area contributed by atoms with E-state index in [4.69, 9.17) is 0 Å². The normalized spacial score (nSPS) is 35.5. The minimum absolute atomic E-state index is 0.121. The highest BCUT2D eigenvalue weighted by molar-refractivity contribution is 5.98. The first-order valence-corrected chi connectivity index (χ1v) is 7.04. The Morgan fingerprint density at radius 1 is 1.16 bits per heavy atom. The van der Waals surface area contributed by atoms with Crippen LogP contribution >= 0.6 is 0 Å². The number of aromatic nitrogens is 4. The SMILES string of the molecule is O=C(C=C1C2CC3CC(C2)CC1C3)Nc1nn[nH]n1. The van der Waals surface area contributed by atoms with Gasteiger partial charge < -0.3 is 0 Å². The summed E-state index contributed by atoms with van der Waals surface area (Å²) in [4.78, 5) is 12.0. The molecule has 0 aromatic carbocycles. The molecule has 4 saturated carbocycles. The molecule has 0 unspecified atom stereocenters. The van der Waals surface area contributed by atoms with Crippen LogP contribution in [0.4, 0.5) is 5.95 Å². The number of aromatic amines is 1. The minimum Gasteiger partial charge on any atom is -0.288 e. The van der Waals surface area contributed by atoms with Crippen molar-refractivity contribution in [3.05, 3.63) is 11.6 Å². The fourth-order valence-corrected chi connectivity index (χ4v) is 4.48. The van der Waals surface area contributed by atoms with Gasteiger partial charge in [0.05, 0.1) is 0 Å². The topological polar surface area (TPSA) is 83.6 Å². The maximum atomic E-state index is 12.0. The Morgan fingerprint density at radius 2 is 1.84 bits per heavy atom. The van der Waals surface area contributed by atoms with E-state index >= 15 is 0 Å². The lowest BCUT2D eigenvalue weighted by Crippen LogP contribution is -2.40. The van der Waals surface area contributed by atoms with E-state index in [1.807, 2.05) is 0 Å². The van der Waals surface area contributed by atoms with Gasteiger partial charge in [0.15, 0.2) is 0 Å². The van der Waals surface area contributed by atoms with E-state index < -0.39 is 0 Å². The maximum Gasteiger partial charge on any atom is 0.270 e. The van der Waals surface area contributed by atoms with Crippen molar-refractivity contribution < 1.29 is 4.79 Å². The molecule has 4 aliphatic rings. The minimum atomic E-state index is -0.121. The summed E-state index contributed by atoms with van der Waals surface area (Å²) in [6.07, 6.45) is 8.37. The van der Waals surface area contributed by atoms with Gasteiger partial charge in [0.2, 0.25) is 0 Å². The Balaban J connectivity index is 1.52. The van der Waals surface area contributed by atoms with Crippen LogP contribution in [-0.4, -0.2) is 26.5 Å². The molecule has 5 rings (SSSR count). The third-order valence-electron chi connectivity index (χ3n) is 4.96. The molecule has 0 radical (unpaired) electrons. The summed E-state index contributed by atoms with van der Waals surface area (Å²) in [7, 11) is 0. The number of allylic oxidation sites excluding steroid dienone is 1. The second kappa shape index (κ2) is 4.15. The second-order valence-electron chi connectivity index (χ2n) is 6.17. The third kappa shape index (κ3) is 1.95. The number of H-pyrrole nitrogens is 1. The van der Waals surface area contributed by atoms with Crippen molar-refractivity contribution in [2.24, 2.45) is 23.7 Å². The summed E-state index contributed by atoms with van der Waals surface area (Å²) in [6.45, 7) is 0. The molecule has 4 fully saturated rings. The summed E-state index contributed by atoms with van der Waals surface area (Å²) in [5.74, 6) is 3.24. The molecular weight excluding hydrogens is 242 g/mol. The molecule has 4 bridgehead atoms. The zero-order chi connectivity index (χ0) is 12.8. The van der Waals surface area contributed by atoms with Gasteiger partial charge in [0.25, 0.3) is 11.9 Å². The number of rotatable bonds is 2. The van der Waals surface area contributed by atoms with Crippen LogP contribution in [0.15, 0.2) is 11.6 Å². The van der Waals surface area contributed by atoms with E-state index in [0.717, 1.165) is 11.8 Å². The predicted molar refractivity (Wildman–Crippen MR) is 67.9 cm³/mol. The molecule has 1 aromatic heterocycles. The highest BCUT2D eigenvalue weighted by Gasteiger charge is 2.45. The monoisotopic (exact) mass is 259 g/mol. The predicted octanol–water partition coefficient (Wildman–Crippen LogP) is 1.52. The van der Waals surface area contributed by atoms with Gasteiger partial charge in [-0.15, -0.1) is 5.10 Å². The molecule has 100 valence electrons. The molecule has 1 aromatic rings. The maximum absolute atomic E-state index is 12.0. The highest BCUT2D eigenvalue weighted by Crippen LogP contribution is 2.56. The third-order valence-corrected chi connectivity index (χ3v) is 4.96. The molecule has 6 heteroatoms. The molecule has 6 nitrogen and oxygen atoms in total. The average Bonchev–Trinajstić information content (AvgIpc) is 2.85. The van der Waals surface area contributed by atoms with Crippen LogP contribution < -0.4 is 5.32 Å². The summed E-state index contributed by atoms with van der Waals surface area (Å²) in [5.41, 5.74) is 1.37. The summed E-state index contributed by atoms with van der Waals surface area (Å²) in [5, 5.41) is 15.9. The van der Waals surface area contributed by atoms with Gasteiger partial charge in [0, 0.05) is 6.08 Å². The molecule has 2 N–H and O–H groups in total. The molecule has 0 atom stereocenters. The number of nitrogens with zero attached hydrogens (tertiary/aromatic N) is 3. The van der Waals surface area contributed by atoms with E-state index in [-0.39, 0.29) is 11.9 Å². The number of tetrazole rings is 1. The van der Waals surface area contributed by atoms with Crippen molar-refractivity contribution >= 4 is 11.9 Å². The Hall–Kier alpha value is -1.72. The van der Waals surface area contributed by atoms with Crippen molar-refractivity contribution in [1.82, 2.24) is 20.6 Å². The second-order valence-corrected chi connectivity index (χ2v) is 6.17. The fraction of sp³-hybridized carbons (Fsp3) is 0.692. The molecule has 19 heavy (non-hydrogen) atoms. The molecular formula is C13H17N5O. The Labute approximate surface area is 111 Å². The number of hydrogen-bond acceptors (Lipinski definition) is 4. The van der Waals surface area contributed by atoms with Crippen molar-refractivity contribution in [1.29, 1.82) is 0 Å². The van der Waals surface area contributed by atoms with Crippen molar-refractivity contribution in [3.8, 4) is 0 Å². The van der Waals surface area contributed by atoms with Gasteiger partial charge >= 0.3 is 0 Å². The number of carbonyl (C=O) groups excluding carboxylic acids is 1. The van der Waals surface area contributed by atoms with Crippen molar-refractivity contribution in [2.45, 2.75) is 32.1 Å². The Bertz CT molecular complexity index is 491. The molecule has 4 aliphatic carbocycles. The lowest BCUT2D eigenvalue weighted by Gasteiger charge is -2.51. The van der Waals surface area contributed by atoms with Crippen molar-refractivity contribution in [2.75, 3.05) is 5.32 Å². The number of amides is 1. The smallest absolute Gasteiger partial charge is 0.270 e. The van der Waals surface area contributed by atoms with Gasteiger partial charge in [-0.25, -0.2) is 0 Å². The van der Waals surface area contributed by atoms with Crippen molar-refractivity contribution in [3.63, 3.8) is 0 Å². The number of carbonyl (C=O) groups is 1. The standard InChI is InChI=1S/C13H17N5O/c19-12(14-13-15-17-18-16-13)6-11-9-2-7-1-8(4-9)5-10(11)3-7/h6-10H,1-5H2,(H2,14,15,16,17,18,19). The average molecular weight is 259 g/mol. The van der Waals surface area contributed by atoms with Gasteiger partial charge in [0.1, 0.15) is 0 Å². The van der Waals surface area contributed by atoms with E-state index in [9.17, 15) is 4.79 Å². The zero-order valence-corrected chi connectivity index (χ0v) is 10.7. The lowest BCUT2D eigenvalue weighted by atomic mass is 9.54. The van der Waals surface area contributed by atoms with E-state index in [2.05, 4.69) is 25.9 Å². The molecule has 1 heterocycles. The van der Waals surface area contributed by atoms with Crippen LogP contribution in [-0.2, 0) is 4.79 Å². The molecule has 0 spiro atoms. The van der Waals surface area contributed by atoms with Crippen LogP contribution in [0.1, 0.15) is 32.1 Å². The van der Waals surface area contributed by atoms with E-state index in [1.165, 1.54) is 37.7 Å². The van der Waals surface area contributed by atoms with Gasteiger partial charge in [-0.05, 0) is 61.0 Å². The van der Waals surface area contributed by atoms with E-state index in [0.29, 0.717) is 11.8 Å². The quantitative estimate of drug-likeness (QED) is 0.789.